The van der Waals surface area contributed by atoms with Gasteiger partial charge >= 0.3 is 0 Å². The van der Waals surface area contributed by atoms with Gasteiger partial charge in [-0.2, -0.15) is 0 Å². The Bertz CT molecular complexity index is 813. The molecule has 1 fully saturated rings. The SMILES string of the molecule is CN1C(=O)[C@@H](C2CC2)[C@@](C)(c2ccc(-c3cncnc3)s2)N=C1N. The van der Waals surface area contributed by atoms with E-state index in [1.165, 1.54) is 11.2 Å². The van der Waals surface area contributed by atoms with Gasteiger partial charge in [0.05, 0.1) is 5.92 Å². The van der Waals surface area contributed by atoms with Crippen molar-refractivity contribution in [3.63, 3.8) is 0 Å². The minimum Gasteiger partial charge on any atom is -0.369 e. The van der Waals surface area contributed by atoms with E-state index in [1.54, 1.807) is 30.8 Å². The van der Waals surface area contributed by atoms with E-state index < -0.39 is 5.54 Å². The molecule has 2 aliphatic rings. The van der Waals surface area contributed by atoms with Crippen molar-refractivity contribution in [1.82, 2.24) is 14.9 Å². The zero-order valence-corrected chi connectivity index (χ0v) is 14.5. The predicted molar refractivity (Wildman–Crippen MR) is 93.3 cm³/mol. The molecule has 0 spiro atoms. The van der Waals surface area contributed by atoms with Crippen LogP contribution in [0, 0.1) is 11.8 Å². The van der Waals surface area contributed by atoms with Gasteiger partial charge in [-0.05, 0) is 37.8 Å². The van der Waals surface area contributed by atoms with E-state index >= 15 is 0 Å². The lowest BCUT2D eigenvalue weighted by Crippen LogP contribution is -2.54. The molecule has 1 saturated carbocycles. The van der Waals surface area contributed by atoms with E-state index in [9.17, 15) is 4.79 Å². The van der Waals surface area contributed by atoms with Crippen LogP contribution in [-0.2, 0) is 10.3 Å². The molecule has 2 aromatic heterocycles. The molecular weight excluding hydrogens is 322 g/mol. The largest absolute Gasteiger partial charge is 0.369 e. The van der Waals surface area contributed by atoms with Crippen LogP contribution in [0.3, 0.4) is 0 Å². The molecule has 4 rings (SSSR count). The summed E-state index contributed by atoms with van der Waals surface area (Å²) in [5.74, 6) is 0.614. The molecule has 24 heavy (non-hydrogen) atoms. The zero-order valence-electron chi connectivity index (χ0n) is 13.6. The van der Waals surface area contributed by atoms with Gasteiger partial charge in [0.2, 0.25) is 5.91 Å². The predicted octanol–water partition coefficient (Wildman–Crippen LogP) is 2.23. The van der Waals surface area contributed by atoms with Crippen molar-refractivity contribution in [3.05, 3.63) is 35.7 Å². The number of guanidine groups is 1. The summed E-state index contributed by atoms with van der Waals surface area (Å²) >= 11 is 1.63. The number of nitrogens with zero attached hydrogens (tertiary/aromatic N) is 4. The van der Waals surface area contributed by atoms with Crippen LogP contribution < -0.4 is 5.73 Å². The first-order valence-electron chi connectivity index (χ1n) is 7.99. The molecular formula is C17H19N5OS. The maximum absolute atomic E-state index is 12.8. The Morgan fingerprint density at radius 1 is 1.29 bits per heavy atom. The minimum absolute atomic E-state index is 0.0745. The van der Waals surface area contributed by atoms with Gasteiger partial charge in [0, 0.05) is 34.8 Å². The maximum atomic E-state index is 12.8. The molecule has 2 atom stereocenters. The van der Waals surface area contributed by atoms with Gasteiger partial charge in [-0.1, -0.05) is 0 Å². The fourth-order valence-corrected chi connectivity index (χ4v) is 4.55. The molecule has 6 nitrogen and oxygen atoms in total. The van der Waals surface area contributed by atoms with Gasteiger partial charge < -0.3 is 5.73 Å². The molecule has 2 N–H and O–H groups in total. The molecule has 0 saturated heterocycles. The van der Waals surface area contributed by atoms with Crippen molar-refractivity contribution in [2.24, 2.45) is 22.6 Å². The molecule has 0 aromatic carbocycles. The lowest BCUT2D eigenvalue weighted by atomic mass is 9.79. The Hall–Kier alpha value is -2.28. The summed E-state index contributed by atoms with van der Waals surface area (Å²) in [7, 11) is 1.71. The lowest BCUT2D eigenvalue weighted by Gasteiger charge is -2.40. The van der Waals surface area contributed by atoms with Crippen LogP contribution >= 0.6 is 11.3 Å². The van der Waals surface area contributed by atoms with Gasteiger partial charge in [0.25, 0.3) is 0 Å². The van der Waals surface area contributed by atoms with Crippen LogP contribution in [0.1, 0.15) is 24.6 Å². The highest BCUT2D eigenvalue weighted by Gasteiger charge is 2.53. The molecule has 3 heterocycles. The Morgan fingerprint density at radius 2 is 2.00 bits per heavy atom. The molecule has 1 aliphatic heterocycles. The quantitative estimate of drug-likeness (QED) is 0.928. The van der Waals surface area contributed by atoms with Crippen LogP contribution in [0.4, 0.5) is 0 Å². The molecule has 1 amide bonds. The Balaban J connectivity index is 1.78. The van der Waals surface area contributed by atoms with Crippen molar-refractivity contribution >= 4 is 23.2 Å². The third kappa shape index (κ3) is 2.31. The molecule has 2 aromatic rings. The smallest absolute Gasteiger partial charge is 0.235 e. The average molecular weight is 341 g/mol. The third-order valence-corrected chi connectivity index (χ3v) is 6.30. The fourth-order valence-electron chi connectivity index (χ4n) is 3.43. The number of hydrogen-bond donors (Lipinski definition) is 1. The van der Waals surface area contributed by atoms with Gasteiger partial charge in [-0.15, -0.1) is 11.3 Å². The normalized spacial score (nSPS) is 27.2. The first kappa shape index (κ1) is 15.3. The Labute approximate surface area is 144 Å². The Morgan fingerprint density at radius 3 is 2.67 bits per heavy atom. The first-order chi connectivity index (χ1) is 11.5. The highest BCUT2D eigenvalue weighted by atomic mass is 32.1. The summed E-state index contributed by atoms with van der Waals surface area (Å²) in [5.41, 5.74) is 6.39. The van der Waals surface area contributed by atoms with Crippen LogP contribution in [0.15, 0.2) is 35.8 Å². The number of carbonyl (C=O) groups excluding carboxylic acids is 1. The molecule has 0 unspecified atom stereocenters. The summed E-state index contributed by atoms with van der Waals surface area (Å²) in [5, 5.41) is 0. The summed E-state index contributed by atoms with van der Waals surface area (Å²) in [6.07, 6.45) is 7.27. The van der Waals surface area contributed by atoms with Crippen molar-refractivity contribution < 1.29 is 4.79 Å². The van der Waals surface area contributed by atoms with E-state index in [4.69, 9.17) is 10.7 Å². The fraction of sp³-hybridized carbons (Fsp3) is 0.412. The number of nitrogens with two attached hydrogens (primary N) is 1. The second-order valence-corrected chi connectivity index (χ2v) is 7.70. The van der Waals surface area contributed by atoms with Gasteiger partial charge in [-0.25, -0.2) is 15.0 Å². The topological polar surface area (TPSA) is 84.5 Å². The molecule has 124 valence electrons. The summed E-state index contributed by atoms with van der Waals surface area (Å²) in [6, 6.07) is 4.10. The standard InChI is InChI=1S/C17H19N5OS/c1-17(13-6-5-12(24-13)11-7-19-9-20-8-11)14(10-3-4-10)15(23)22(2)16(18)21-17/h5-10,14H,3-4H2,1-2H3,(H2,18,21)/t14-,17-/m1/s1. The second kappa shape index (κ2) is 5.37. The van der Waals surface area contributed by atoms with Crippen molar-refractivity contribution in [2.45, 2.75) is 25.3 Å². The first-order valence-corrected chi connectivity index (χ1v) is 8.81. The molecule has 0 radical (unpaired) electrons. The second-order valence-electron chi connectivity index (χ2n) is 6.62. The highest BCUT2D eigenvalue weighted by Crippen LogP contribution is 2.51. The van der Waals surface area contributed by atoms with E-state index in [0.717, 1.165) is 28.2 Å². The van der Waals surface area contributed by atoms with Crippen molar-refractivity contribution in [2.75, 3.05) is 7.05 Å². The summed E-state index contributed by atoms with van der Waals surface area (Å²) in [6.45, 7) is 2.03. The van der Waals surface area contributed by atoms with Crippen molar-refractivity contribution in [1.29, 1.82) is 0 Å². The lowest BCUT2D eigenvalue weighted by molar-refractivity contribution is -0.134. The summed E-state index contributed by atoms with van der Waals surface area (Å²) < 4.78 is 0. The maximum Gasteiger partial charge on any atom is 0.235 e. The minimum atomic E-state index is -0.604. The number of hydrogen-bond acceptors (Lipinski definition) is 6. The number of amides is 1. The van der Waals surface area contributed by atoms with E-state index in [-0.39, 0.29) is 17.8 Å². The number of thiophene rings is 1. The monoisotopic (exact) mass is 341 g/mol. The number of carbonyl (C=O) groups is 1. The molecule has 7 heteroatoms. The van der Waals surface area contributed by atoms with E-state index in [2.05, 4.69) is 16.0 Å². The van der Waals surface area contributed by atoms with Crippen LogP contribution in [-0.4, -0.2) is 33.8 Å². The van der Waals surface area contributed by atoms with Crippen molar-refractivity contribution in [3.8, 4) is 10.4 Å². The van der Waals surface area contributed by atoms with Gasteiger partial charge in [-0.3, -0.25) is 9.69 Å². The number of rotatable bonds is 3. The summed E-state index contributed by atoms with van der Waals surface area (Å²) in [4.78, 5) is 29.3. The van der Waals surface area contributed by atoms with E-state index in [1.807, 2.05) is 13.0 Å². The molecule has 1 aliphatic carbocycles. The van der Waals surface area contributed by atoms with Crippen LogP contribution in [0.2, 0.25) is 0 Å². The van der Waals surface area contributed by atoms with Gasteiger partial charge in [0.1, 0.15) is 11.9 Å². The van der Waals surface area contributed by atoms with Crippen LogP contribution in [0.25, 0.3) is 10.4 Å². The Kier molecular flexibility index (Phi) is 3.42. The highest BCUT2D eigenvalue weighted by molar-refractivity contribution is 7.15. The number of aromatic nitrogens is 2. The average Bonchev–Trinajstić information content (AvgIpc) is 3.27. The zero-order chi connectivity index (χ0) is 16.9. The number of aliphatic imine (C=N–C) groups is 1. The van der Waals surface area contributed by atoms with Crippen LogP contribution in [0.5, 0.6) is 0 Å². The van der Waals surface area contributed by atoms with Gasteiger partial charge in [0.15, 0.2) is 5.96 Å². The van der Waals surface area contributed by atoms with E-state index in [0.29, 0.717) is 5.92 Å². The third-order valence-electron chi connectivity index (χ3n) is 4.94. The molecule has 0 bridgehead atoms.